The number of carbonyl (C=O) groups excluding carboxylic acids is 1. The Balaban J connectivity index is 1.91. The Labute approximate surface area is 171 Å². The van der Waals surface area contributed by atoms with Crippen LogP contribution in [0.3, 0.4) is 0 Å². The Kier molecular flexibility index (Phi) is 5.64. The van der Waals surface area contributed by atoms with Gasteiger partial charge in [0.25, 0.3) is 0 Å². The number of amides is 1. The van der Waals surface area contributed by atoms with Crippen LogP contribution in [-0.4, -0.2) is 35.4 Å². The maximum atomic E-state index is 13.2. The number of hydrogen-bond donors (Lipinski definition) is 1. The molecular weight excluding hydrogens is 369 g/mol. The van der Waals surface area contributed by atoms with E-state index >= 15 is 0 Å². The summed E-state index contributed by atoms with van der Waals surface area (Å²) in [5.41, 5.74) is 8.42. The number of likely N-dealkylation sites (tertiary alicyclic amines) is 1. The number of fused-ring (bicyclic) bond motifs is 1. The molecule has 29 heavy (non-hydrogen) atoms. The average Bonchev–Trinajstić information content (AvgIpc) is 2.67. The molecule has 1 unspecified atom stereocenters. The molecule has 0 saturated carbocycles. The molecule has 1 amide bonds. The van der Waals surface area contributed by atoms with Crippen LogP contribution in [0.4, 0.5) is 14.9 Å². The Morgan fingerprint density at radius 2 is 2.03 bits per heavy atom. The summed E-state index contributed by atoms with van der Waals surface area (Å²) in [6.07, 6.45) is 6.45. The van der Waals surface area contributed by atoms with Crippen LogP contribution in [0.15, 0.2) is 65.3 Å². The fourth-order valence-corrected chi connectivity index (χ4v) is 3.75. The smallest absolute Gasteiger partial charge is 0.410 e. The van der Waals surface area contributed by atoms with Crippen molar-refractivity contribution in [2.45, 2.75) is 39.2 Å². The molecular formula is C23H28FN3O2. The fraction of sp³-hybridized carbons (Fsp3) is 0.391. The fourth-order valence-electron chi connectivity index (χ4n) is 3.75. The van der Waals surface area contributed by atoms with E-state index in [0.29, 0.717) is 31.6 Å². The lowest BCUT2D eigenvalue weighted by Crippen LogP contribution is -2.49. The number of nitrogens with two attached hydrogens (primary N) is 1. The molecule has 0 spiro atoms. The van der Waals surface area contributed by atoms with Crippen molar-refractivity contribution >= 4 is 17.5 Å². The molecule has 2 N–H and O–H groups in total. The Hall–Kier alpha value is -2.89. The molecule has 1 aromatic carbocycles. The number of rotatable bonds is 2. The second-order valence-electron chi connectivity index (χ2n) is 8.52. The van der Waals surface area contributed by atoms with Gasteiger partial charge in [0.1, 0.15) is 11.4 Å². The maximum absolute atomic E-state index is 13.2. The van der Waals surface area contributed by atoms with Crippen molar-refractivity contribution in [3.63, 3.8) is 0 Å². The molecule has 1 fully saturated rings. The standard InChI is InChI=1S/C23H28FN3O2/c1-5-23-13-16(14-25)20(26-19-8-6-18(24)7-9-19)12-17(23)10-11-27(15-23)21(28)29-22(2,3)4/h5-9,12,14H,1,10-11,13,15,25H2,2-4H3. The van der Waals surface area contributed by atoms with Gasteiger partial charge in [-0.2, -0.15) is 0 Å². The average molecular weight is 397 g/mol. The predicted octanol–water partition coefficient (Wildman–Crippen LogP) is 4.88. The van der Waals surface area contributed by atoms with Gasteiger partial charge in [0, 0.05) is 18.5 Å². The lowest BCUT2D eigenvalue weighted by atomic mass is 9.67. The number of ether oxygens (including phenoxy) is 1. The van der Waals surface area contributed by atoms with Gasteiger partial charge in [-0.25, -0.2) is 14.2 Å². The summed E-state index contributed by atoms with van der Waals surface area (Å²) >= 11 is 0. The molecule has 1 atom stereocenters. The number of piperidine rings is 1. The molecule has 0 aromatic heterocycles. The van der Waals surface area contributed by atoms with E-state index in [2.05, 4.69) is 11.6 Å². The summed E-state index contributed by atoms with van der Waals surface area (Å²) in [7, 11) is 0. The zero-order valence-electron chi connectivity index (χ0n) is 17.2. The van der Waals surface area contributed by atoms with Gasteiger partial charge < -0.3 is 15.4 Å². The number of aliphatic imine (C=N–C) groups is 1. The zero-order chi connectivity index (χ0) is 21.2. The van der Waals surface area contributed by atoms with Crippen LogP contribution in [0, 0.1) is 11.2 Å². The summed E-state index contributed by atoms with van der Waals surface area (Å²) in [6.45, 7) is 10.7. The first kappa shape index (κ1) is 20.8. The van der Waals surface area contributed by atoms with Gasteiger partial charge in [-0.3, -0.25) is 0 Å². The molecule has 0 bridgehead atoms. The lowest BCUT2D eigenvalue weighted by Gasteiger charge is -2.45. The van der Waals surface area contributed by atoms with Crippen LogP contribution in [0.5, 0.6) is 0 Å². The van der Waals surface area contributed by atoms with Gasteiger partial charge in [-0.15, -0.1) is 6.58 Å². The second kappa shape index (κ2) is 7.85. The van der Waals surface area contributed by atoms with Crippen LogP contribution in [0.1, 0.15) is 33.6 Å². The number of hydrogen-bond acceptors (Lipinski definition) is 4. The van der Waals surface area contributed by atoms with Gasteiger partial charge >= 0.3 is 6.09 Å². The molecule has 1 aliphatic carbocycles. The van der Waals surface area contributed by atoms with Gasteiger partial charge in [0.2, 0.25) is 0 Å². The topological polar surface area (TPSA) is 67.9 Å². The minimum absolute atomic E-state index is 0.300. The number of carbonyl (C=O) groups is 1. The lowest BCUT2D eigenvalue weighted by molar-refractivity contribution is 0.0164. The first-order valence-electron chi connectivity index (χ1n) is 9.74. The third-order valence-corrected chi connectivity index (χ3v) is 5.23. The number of benzene rings is 1. The Bertz CT molecular complexity index is 894. The molecule has 1 aliphatic heterocycles. The van der Waals surface area contributed by atoms with E-state index in [1.807, 2.05) is 32.9 Å². The number of nitrogens with zero attached hydrogens (tertiary/aromatic N) is 2. The molecule has 1 saturated heterocycles. The third-order valence-electron chi connectivity index (χ3n) is 5.23. The SMILES string of the molecule is C=CC12CC(=CN)C(=Nc3ccc(F)cc3)C=C1CCN(C(=O)OC(C)(C)C)C2. The Morgan fingerprint density at radius 3 is 2.62 bits per heavy atom. The minimum atomic E-state index is -0.543. The molecule has 3 rings (SSSR count). The predicted molar refractivity (Wildman–Crippen MR) is 114 cm³/mol. The van der Waals surface area contributed by atoms with Crippen LogP contribution in [-0.2, 0) is 4.74 Å². The highest BCUT2D eigenvalue weighted by atomic mass is 19.1. The van der Waals surface area contributed by atoms with E-state index in [-0.39, 0.29) is 11.9 Å². The van der Waals surface area contributed by atoms with Crippen LogP contribution < -0.4 is 5.73 Å². The molecule has 154 valence electrons. The van der Waals surface area contributed by atoms with Crippen molar-refractivity contribution in [3.05, 3.63) is 66.2 Å². The van der Waals surface area contributed by atoms with E-state index in [1.54, 1.807) is 23.2 Å². The van der Waals surface area contributed by atoms with Crippen molar-refractivity contribution in [2.75, 3.05) is 13.1 Å². The first-order valence-corrected chi connectivity index (χ1v) is 9.74. The van der Waals surface area contributed by atoms with Gasteiger partial charge in [0.05, 0.1) is 11.4 Å². The first-order chi connectivity index (χ1) is 13.7. The maximum Gasteiger partial charge on any atom is 0.410 e. The van der Waals surface area contributed by atoms with Crippen LogP contribution >= 0.6 is 0 Å². The molecule has 1 aromatic rings. The highest BCUT2D eigenvalue weighted by molar-refractivity contribution is 6.11. The quantitative estimate of drug-likeness (QED) is 0.723. The highest BCUT2D eigenvalue weighted by Gasteiger charge is 2.43. The summed E-state index contributed by atoms with van der Waals surface area (Å²) in [4.78, 5) is 19.0. The number of allylic oxidation sites excluding steroid dienone is 2. The van der Waals surface area contributed by atoms with Gasteiger partial charge in [0.15, 0.2) is 0 Å². The van der Waals surface area contributed by atoms with Crippen molar-refractivity contribution in [1.29, 1.82) is 0 Å². The highest BCUT2D eigenvalue weighted by Crippen LogP contribution is 2.45. The summed E-state index contributed by atoms with van der Waals surface area (Å²) in [6, 6.07) is 6.04. The number of halogens is 1. The summed E-state index contributed by atoms with van der Waals surface area (Å²) in [5, 5.41) is 0. The van der Waals surface area contributed by atoms with Gasteiger partial charge in [-0.1, -0.05) is 11.6 Å². The Morgan fingerprint density at radius 1 is 1.34 bits per heavy atom. The van der Waals surface area contributed by atoms with Crippen molar-refractivity contribution in [3.8, 4) is 0 Å². The van der Waals surface area contributed by atoms with E-state index in [4.69, 9.17) is 10.5 Å². The molecule has 1 heterocycles. The molecule has 6 heteroatoms. The molecule has 2 aliphatic rings. The largest absolute Gasteiger partial charge is 0.444 e. The van der Waals surface area contributed by atoms with Crippen LogP contribution in [0.25, 0.3) is 0 Å². The van der Waals surface area contributed by atoms with E-state index < -0.39 is 11.0 Å². The third kappa shape index (κ3) is 4.58. The summed E-state index contributed by atoms with van der Waals surface area (Å²) in [5.74, 6) is -0.300. The molecule has 0 radical (unpaired) electrons. The second-order valence-corrected chi connectivity index (χ2v) is 8.52. The minimum Gasteiger partial charge on any atom is -0.444 e. The van der Waals surface area contributed by atoms with Crippen LogP contribution in [0.2, 0.25) is 0 Å². The zero-order valence-corrected chi connectivity index (χ0v) is 17.2. The molecule has 5 nitrogen and oxygen atoms in total. The van der Waals surface area contributed by atoms with E-state index in [0.717, 1.165) is 11.3 Å². The van der Waals surface area contributed by atoms with Crippen molar-refractivity contribution in [2.24, 2.45) is 16.1 Å². The normalized spacial score (nSPS) is 24.8. The van der Waals surface area contributed by atoms with E-state index in [9.17, 15) is 9.18 Å². The summed E-state index contributed by atoms with van der Waals surface area (Å²) < 4.78 is 18.7. The monoisotopic (exact) mass is 397 g/mol. The van der Waals surface area contributed by atoms with Crippen molar-refractivity contribution < 1.29 is 13.9 Å². The van der Waals surface area contributed by atoms with E-state index in [1.165, 1.54) is 17.7 Å². The van der Waals surface area contributed by atoms with Crippen molar-refractivity contribution in [1.82, 2.24) is 4.90 Å². The van der Waals surface area contributed by atoms with Gasteiger partial charge in [-0.05, 0) is 75.7 Å².